The zero-order valence-corrected chi connectivity index (χ0v) is 19.6. The minimum Gasteiger partial charge on any atom is -0.481 e. The number of nitrogens with zero attached hydrogens (tertiary/aromatic N) is 4. The van der Waals surface area contributed by atoms with E-state index < -0.39 is 5.82 Å². The van der Waals surface area contributed by atoms with Gasteiger partial charge in [0.15, 0.2) is 0 Å². The molecule has 3 heterocycles. The minimum absolute atomic E-state index is 0.0380. The minimum atomic E-state index is -0.512. The number of aryl methyl sites for hydroxylation is 2. The van der Waals surface area contributed by atoms with Crippen molar-refractivity contribution in [1.29, 1.82) is 0 Å². The standard InChI is InChI=1S/C24H31FN6O2/c1-15-20(18(12-26)13-27-2)9-16-5-6-19(30-24(16)29-15)7-8-31(3)23(32)11-17-10-22(33-4)28-14-21(17)25/h9-10,12-14,19H,5-8,11,26H2,1-4H3,(H,29,30)/b18-12+,27-13?. The number of likely N-dealkylation sites (N-methyl/N-ethyl adjacent to an activating group) is 1. The van der Waals surface area contributed by atoms with Crippen LogP contribution in [0.1, 0.15) is 35.2 Å². The molecule has 0 radical (unpaired) electrons. The second-order valence-electron chi connectivity index (χ2n) is 8.12. The Hall–Kier alpha value is -3.49. The Morgan fingerprint density at radius 3 is 2.94 bits per heavy atom. The number of anilines is 1. The summed E-state index contributed by atoms with van der Waals surface area (Å²) in [5.74, 6) is 0.489. The Kier molecular flexibility index (Phi) is 7.97. The molecular weight excluding hydrogens is 423 g/mol. The van der Waals surface area contributed by atoms with Crippen molar-refractivity contribution in [3.63, 3.8) is 0 Å². The third kappa shape index (κ3) is 5.85. The number of nitrogens with one attached hydrogen (secondary N) is 1. The van der Waals surface area contributed by atoms with E-state index in [1.54, 1.807) is 31.4 Å². The topological polar surface area (TPSA) is 106 Å². The first-order valence-corrected chi connectivity index (χ1v) is 10.9. The molecule has 9 heteroatoms. The van der Waals surface area contributed by atoms with Crippen molar-refractivity contribution in [3.8, 4) is 5.88 Å². The van der Waals surface area contributed by atoms with E-state index in [-0.39, 0.29) is 29.8 Å². The van der Waals surface area contributed by atoms with Crippen LogP contribution in [0.3, 0.4) is 0 Å². The van der Waals surface area contributed by atoms with E-state index in [4.69, 9.17) is 15.5 Å². The van der Waals surface area contributed by atoms with Gasteiger partial charge in [-0.15, -0.1) is 0 Å². The number of halogens is 1. The van der Waals surface area contributed by atoms with Gasteiger partial charge in [-0.2, -0.15) is 0 Å². The number of methoxy groups -OCH3 is 1. The molecule has 3 N–H and O–H groups in total. The smallest absolute Gasteiger partial charge is 0.226 e. The molecule has 0 aliphatic carbocycles. The number of hydrogen-bond donors (Lipinski definition) is 2. The average Bonchev–Trinajstić information content (AvgIpc) is 2.81. The SMILES string of the molecule is CN=C/C(=C\N)c1cc2c(nc1C)NC(CCN(C)C(=O)Cc1cc(OC)ncc1F)CC2. The maximum absolute atomic E-state index is 14.0. The number of nitrogens with two attached hydrogens (primary N) is 1. The first-order chi connectivity index (χ1) is 15.9. The van der Waals surface area contributed by atoms with Gasteiger partial charge >= 0.3 is 0 Å². The fourth-order valence-corrected chi connectivity index (χ4v) is 3.89. The van der Waals surface area contributed by atoms with Crippen LogP contribution in [-0.4, -0.2) is 60.8 Å². The summed E-state index contributed by atoms with van der Waals surface area (Å²) >= 11 is 0. The summed E-state index contributed by atoms with van der Waals surface area (Å²) in [6.07, 6.45) is 6.89. The molecule has 176 valence electrons. The van der Waals surface area contributed by atoms with Gasteiger partial charge in [0.1, 0.15) is 11.6 Å². The number of hydrogen-bond acceptors (Lipinski definition) is 7. The molecule has 1 aliphatic rings. The highest BCUT2D eigenvalue weighted by atomic mass is 19.1. The molecule has 2 aromatic heterocycles. The van der Waals surface area contributed by atoms with Gasteiger partial charge in [0, 0.05) is 67.6 Å². The van der Waals surface area contributed by atoms with E-state index in [9.17, 15) is 9.18 Å². The Labute approximate surface area is 193 Å². The van der Waals surface area contributed by atoms with Crippen LogP contribution in [0.5, 0.6) is 5.88 Å². The molecule has 0 saturated heterocycles. The van der Waals surface area contributed by atoms with E-state index in [2.05, 4.69) is 21.4 Å². The van der Waals surface area contributed by atoms with Crippen molar-refractivity contribution >= 4 is 23.5 Å². The normalized spacial score (nSPS) is 15.8. The quantitative estimate of drug-likeness (QED) is 0.594. The van der Waals surface area contributed by atoms with Crippen LogP contribution in [0, 0.1) is 12.7 Å². The van der Waals surface area contributed by atoms with Crippen LogP contribution >= 0.6 is 0 Å². The predicted molar refractivity (Wildman–Crippen MR) is 128 cm³/mol. The molecule has 0 spiro atoms. The van der Waals surface area contributed by atoms with Crippen LogP contribution in [0.15, 0.2) is 29.5 Å². The summed E-state index contributed by atoms with van der Waals surface area (Å²) in [6, 6.07) is 3.78. The van der Waals surface area contributed by atoms with Crippen molar-refractivity contribution in [1.82, 2.24) is 14.9 Å². The highest BCUT2D eigenvalue weighted by Crippen LogP contribution is 2.29. The molecule has 8 nitrogen and oxygen atoms in total. The lowest BCUT2D eigenvalue weighted by Gasteiger charge is -2.29. The van der Waals surface area contributed by atoms with E-state index in [1.807, 2.05) is 6.92 Å². The van der Waals surface area contributed by atoms with Gasteiger partial charge in [0.2, 0.25) is 11.8 Å². The van der Waals surface area contributed by atoms with Gasteiger partial charge in [-0.25, -0.2) is 14.4 Å². The lowest BCUT2D eigenvalue weighted by atomic mass is 9.95. The van der Waals surface area contributed by atoms with Gasteiger partial charge in [-0.1, -0.05) is 0 Å². The second kappa shape index (κ2) is 10.9. The Balaban J connectivity index is 1.59. The molecule has 2 aromatic rings. The largest absolute Gasteiger partial charge is 0.481 e. The van der Waals surface area contributed by atoms with Gasteiger partial charge in [0.25, 0.3) is 0 Å². The van der Waals surface area contributed by atoms with Crippen LogP contribution in [0.25, 0.3) is 5.57 Å². The summed E-state index contributed by atoms with van der Waals surface area (Å²) in [4.78, 5) is 26.9. The van der Waals surface area contributed by atoms with E-state index >= 15 is 0 Å². The first kappa shape index (κ1) is 24.2. The van der Waals surface area contributed by atoms with E-state index in [0.29, 0.717) is 6.54 Å². The number of carbonyl (C=O) groups is 1. The van der Waals surface area contributed by atoms with Gasteiger partial charge in [-0.3, -0.25) is 9.79 Å². The summed E-state index contributed by atoms with van der Waals surface area (Å²) in [5.41, 5.74) is 9.88. The highest BCUT2D eigenvalue weighted by molar-refractivity contribution is 6.10. The fourth-order valence-electron chi connectivity index (χ4n) is 3.89. The maximum Gasteiger partial charge on any atom is 0.226 e. The molecule has 1 atom stereocenters. The Bertz CT molecular complexity index is 1070. The lowest BCUT2D eigenvalue weighted by Crippen LogP contribution is -2.34. The third-order valence-corrected chi connectivity index (χ3v) is 5.85. The zero-order valence-electron chi connectivity index (χ0n) is 19.6. The number of amides is 1. The molecule has 3 rings (SSSR count). The fraction of sp³-hybridized carbons (Fsp3) is 0.417. The number of carbonyl (C=O) groups excluding carboxylic acids is 1. The predicted octanol–water partition coefficient (Wildman–Crippen LogP) is 2.75. The van der Waals surface area contributed by atoms with Gasteiger partial charge < -0.3 is 20.7 Å². The van der Waals surface area contributed by atoms with Crippen LogP contribution in [0.2, 0.25) is 0 Å². The number of rotatable bonds is 8. The third-order valence-electron chi connectivity index (χ3n) is 5.85. The van der Waals surface area contributed by atoms with Crippen LogP contribution in [0.4, 0.5) is 10.2 Å². The molecule has 1 unspecified atom stereocenters. The molecule has 0 bridgehead atoms. The van der Waals surface area contributed by atoms with Gasteiger partial charge in [0.05, 0.1) is 19.7 Å². The number of pyridine rings is 2. The summed E-state index contributed by atoms with van der Waals surface area (Å²) in [5, 5.41) is 3.50. The molecular formula is C24H31FN6O2. The van der Waals surface area contributed by atoms with Crippen LogP contribution in [-0.2, 0) is 17.6 Å². The number of fused-ring (bicyclic) bond motifs is 1. The molecule has 0 aromatic carbocycles. The Morgan fingerprint density at radius 2 is 2.24 bits per heavy atom. The number of aliphatic imine (C=N–C) groups is 1. The molecule has 0 saturated carbocycles. The maximum atomic E-state index is 14.0. The number of allylic oxidation sites excluding steroid dienone is 1. The molecule has 1 amide bonds. The summed E-state index contributed by atoms with van der Waals surface area (Å²) in [7, 11) is 4.90. The molecule has 33 heavy (non-hydrogen) atoms. The number of aromatic nitrogens is 2. The van der Waals surface area contributed by atoms with Crippen LogP contribution < -0.4 is 15.8 Å². The van der Waals surface area contributed by atoms with E-state index in [1.165, 1.54) is 13.2 Å². The van der Waals surface area contributed by atoms with Crippen molar-refractivity contribution < 1.29 is 13.9 Å². The van der Waals surface area contributed by atoms with Crippen molar-refractivity contribution in [2.45, 2.75) is 38.6 Å². The zero-order chi connectivity index (χ0) is 24.0. The monoisotopic (exact) mass is 454 g/mol. The van der Waals surface area contributed by atoms with Crippen molar-refractivity contribution in [2.75, 3.05) is 33.1 Å². The van der Waals surface area contributed by atoms with E-state index in [0.717, 1.165) is 53.7 Å². The first-order valence-electron chi connectivity index (χ1n) is 10.9. The van der Waals surface area contributed by atoms with Gasteiger partial charge in [-0.05, 0) is 37.8 Å². The average molecular weight is 455 g/mol. The summed E-state index contributed by atoms with van der Waals surface area (Å²) < 4.78 is 19.0. The van der Waals surface area contributed by atoms with Crippen molar-refractivity contribution in [2.24, 2.45) is 10.7 Å². The lowest BCUT2D eigenvalue weighted by molar-refractivity contribution is -0.129. The second-order valence-corrected chi connectivity index (χ2v) is 8.12. The number of ether oxygens (including phenoxy) is 1. The highest BCUT2D eigenvalue weighted by Gasteiger charge is 2.22. The van der Waals surface area contributed by atoms with Crippen molar-refractivity contribution in [3.05, 3.63) is 52.7 Å². The molecule has 1 aliphatic heterocycles. The Morgan fingerprint density at radius 1 is 1.45 bits per heavy atom. The summed E-state index contributed by atoms with van der Waals surface area (Å²) in [6.45, 7) is 2.51. The molecule has 0 fully saturated rings.